The monoisotopic (exact) mass is 446 g/mol. The molecule has 2 fully saturated rings. The van der Waals surface area contributed by atoms with Crippen LogP contribution in [0.15, 0.2) is 61.4 Å². The fourth-order valence-corrected chi connectivity index (χ4v) is 4.79. The lowest BCUT2D eigenvalue weighted by molar-refractivity contribution is -0.137. The van der Waals surface area contributed by atoms with E-state index in [1.54, 1.807) is 34.0 Å². The van der Waals surface area contributed by atoms with Crippen LogP contribution in [0.3, 0.4) is 0 Å². The van der Waals surface area contributed by atoms with Crippen molar-refractivity contribution in [3.8, 4) is 11.1 Å². The Bertz CT molecular complexity index is 1040. The lowest BCUT2D eigenvalue weighted by Crippen LogP contribution is -2.41. The first-order chi connectivity index (χ1) is 16.0. The molecule has 1 aromatic carbocycles. The summed E-state index contributed by atoms with van der Waals surface area (Å²) in [5.41, 5.74) is 3.09. The number of carbonyl (C=O) groups is 3. The van der Waals surface area contributed by atoms with E-state index in [0.29, 0.717) is 39.1 Å². The minimum absolute atomic E-state index is 0.00511. The van der Waals surface area contributed by atoms with Crippen molar-refractivity contribution in [1.82, 2.24) is 19.7 Å². The Kier molecular flexibility index (Phi) is 6.87. The predicted octanol–water partition coefficient (Wildman–Crippen LogP) is 2.24. The Morgan fingerprint density at radius 3 is 2.67 bits per heavy atom. The van der Waals surface area contributed by atoms with Crippen molar-refractivity contribution >= 4 is 17.7 Å². The van der Waals surface area contributed by atoms with Gasteiger partial charge in [-0.1, -0.05) is 36.4 Å². The van der Waals surface area contributed by atoms with Gasteiger partial charge in [-0.25, -0.2) is 0 Å². The molecule has 0 N–H and O–H groups in total. The molecule has 0 spiro atoms. The van der Waals surface area contributed by atoms with Crippen LogP contribution in [0.5, 0.6) is 0 Å². The molecule has 172 valence electrons. The number of aromatic nitrogens is 1. The largest absolute Gasteiger partial charge is 0.345 e. The van der Waals surface area contributed by atoms with Gasteiger partial charge in [0.1, 0.15) is 0 Å². The number of nitrogens with zero attached hydrogens (tertiary/aromatic N) is 4. The maximum atomic E-state index is 13.4. The van der Waals surface area contributed by atoms with Crippen LogP contribution in [0.1, 0.15) is 12.0 Å². The highest BCUT2D eigenvalue weighted by atomic mass is 16.2. The number of hydrogen-bond acceptors (Lipinski definition) is 4. The second-order valence-corrected chi connectivity index (χ2v) is 8.83. The van der Waals surface area contributed by atoms with E-state index in [-0.39, 0.29) is 36.0 Å². The Balaban J connectivity index is 1.60. The van der Waals surface area contributed by atoms with E-state index in [0.717, 1.165) is 16.7 Å². The zero-order valence-corrected chi connectivity index (χ0v) is 19.0. The molecule has 7 nitrogen and oxygen atoms in total. The molecule has 2 aliphatic heterocycles. The van der Waals surface area contributed by atoms with Crippen molar-refractivity contribution in [3.05, 3.63) is 67.0 Å². The number of benzene rings is 1. The molecule has 0 bridgehead atoms. The summed E-state index contributed by atoms with van der Waals surface area (Å²) in [5.74, 6) is -0.720. The second kappa shape index (κ2) is 9.98. The highest BCUT2D eigenvalue weighted by molar-refractivity contribution is 5.90. The minimum atomic E-state index is -0.371. The third kappa shape index (κ3) is 4.97. The average Bonchev–Trinajstić information content (AvgIpc) is 3.09. The Morgan fingerprint density at radius 2 is 1.97 bits per heavy atom. The standard InChI is InChI=1S/C26H30N4O3/c1-3-11-29-12-13-30(26(33)22-15-24(31)28(2)17-22)18-21(25(29)32)14-19-7-4-5-9-23(19)20-8-6-10-27-16-20/h3-10,16,21-22H,1,11-15,17-18H2,2H3/t21-,22-/m1/s1. The van der Waals surface area contributed by atoms with Crippen LogP contribution < -0.4 is 0 Å². The molecule has 7 heteroatoms. The number of rotatable bonds is 6. The summed E-state index contributed by atoms with van der Waals surface area (Å²) in [6.45, 7) is 5.96. The van der Waals surface area contributed by atoms with Gasteiger partial charge in [0.15, 0.2) is 0 Å². The van der Waals surface area contributed by atoms with E-state index in [2.05, 4.69) is 11.6 Å². The van der Waals surface area contributed by atoms with Gasteiger partial charge >= 0.3 is 0 Å². The lowest BCUT2D eigenvalue weighted by Gasteiger charge is -2.26. The van der Waals surface area contributed by atoms with Crippen LogP contribution in [-0.4, -0.2) is 77.2 Å². The van der Waals surface area contributed by atoms with E-state index in [4.69, 9.17) is 0 Å². The third-order valence-corrected chi connectivity index (χ3v) is 6.55. The van der Waals surface area contributed by atoms with Crippen LogP contribution in [0.2, 0.25) is 0 Å². The van der Waals surface area contributed by atoms with Gasteiger partial charge in [0.05, 0.1) is 11.8 Å². The summed E-state index contributed by atoms with van der Waals surface area (Å²) in [7, 11) is 1.73. The van der Waals surface area contributed by atoms with Gasteiger partial charge in [-0.2, -0.15) is 0 Å². The molecule has 3 heterocycles. The van der Waals surface area contributed by atoms with Gasteiger partial charge in [0.2, 0.25) is 17.7 Å². The van der Waals surface area contributed by atoms with Crippen LogP contribution in [0, 0.1) is 11.8 Å². The molecule has 33 heavy (non-hydrogen) atoms. The average molecular weight is 447 g/mol. The maximum Gasteiger partial charge on any atom is 0.228 e. The fourth-order valence-electron chi connectivity index (χ4n) is 4.79. The summed E-state index contributed by atoms with van der Waals surface area (Å²) in [6, 6.07) is 11.9. The normalized spacial score (nSPS) is 21.3. The molecule has 0 radical (unpaired) electrons. The summed E-state index contributed by atoms with van der Waals surface area (Å²) in [5, 5.41) is 0. The van der Waals surface area contributed by atoms with E-state index in [1.165, 1.54) is 0 Å². The highest BCUT2D eigenvalue weighted by Crippen LogP contribution is 2.28. The lowest BCUT2D eigenvalue weighted by atomic mass is 9.91. The topological polar surface area (TPSA) is 73.8 Å². The van der Waals surface area contributed by atoms with Gasteiger partial charge in [-0.15, -0.1) is 6.58 Å². The van der Waals surface area contributed by atoms with Gasteiger partial charge in [-0.3, -0.25) is 19.4 Å². The van der Waals surface area contributed by atoms with Crippen molar-refractivity contribution < 1.29 is 14.4 Å². The number of carbonyl (C=O) groups excluding carboxylic acids is 3. The molecule has 4 rings (SSSR count). The van der Waals surface area contributed by atoms with Crippen molar-refractivity contribution in [2.24, 2.45) is 11.8 Å². The molecule has 0 aliphatic carbocycles. The molecule has 0 unspecified atom stereocenters. The number of likely N-dealkylation sites (tertiary alicyclic amines) is 1. The number of pyridine rings is 1. The Labute approximate surface area is 194 Å². The Hall–Kier alpha value is -3.48. The number of amides is 3. The second-order valence-electron chi connectivity index (χ2n) is 8.83. The first-order valence-corrected chi connectivity index (χ1v) is 11.4. The molecule has 3 amide bonds. The first-order valence-electron chi connectivity index (χ1n) is 11.4. The van der Waals surface area contributed by atoms with Crippen molar-refractivity contribution in [1.29, 1.82) is 0 Å². The van der Waals surface area contributed by atoms with E-state index >= 15 is 0 Å². The van der Waals surface area contributed by atoms with Crippen LogP contribution in [0.4, 0.5) is 0 Å². The SMILES string of the molecule is C=CCN1CCN(C(=O)[C@@H]2CC(=O)N(C)C2)C[C@@H](Cc2ccccc2-c2cccnc2)C1=O. The highest BCUT2D eigenvalue weighted by Gasteiger charge is 2.38. The first kappa shape index (κ1) is 22.7. The molecule has 2 aromatic rings. The van der Waals surface area contributed by atoms with E-state index in [1.807, 2.05) is 42.6 Å². The summed E-state index contributed by atoms with van der Waals surface area (Å²) < 4.78 is 0. The Morgan fingerprint density at radius 1 is 1.15 bits per heavy atom. The molecule has 1 aromatic heterocycles. The summed E-state index contributed by atoms with van der Waals surface area (Å²) in [6.07, 6.45) is 6.04. The van der Waals surface area contributed by atoms with Gasteiger partial charge < -0.3 is 14.7 Å². The molecule has 2 atom stereocenters. The van der Waals surface area contributed by atoms with Crippen molar-refractivity contribution in [3.63, 3.8) is 0 Å². The molecule has 0 saturated carbocycles. The van der Waals surface area contributed by atoms with Crippen LogP contribution >= 0.6 is 0 Å². The molecule has 2 aliphatic rings. The van der Waals surface area contributed by atoms with Gasteiger partial charge in [0, 0.05) is 64.1 Å². The van der Waals surface area contributed by atoms with Crippen molar-refractivity contribution in [2.75, 3.05) is 39.8 Å². The molecular weight excluding hydrogens is 416 g/mol. The molecule has 2 saturated heterocycles. The summed E-state index contributed by atoms with van der Waals surface area (Å²) in [4.78, 5) is 48.1. The van der Waals surface area contributed by atoms with Crippen molar-refractivity contribution in [2.45, 2.75) is 12.8 Å². The van der Waals surface area contributed by atoms with E-state index < -0.39 is 0 Å². The molecular formula is C26H30N4O3. The smallest absolute Gasteiger partial charge is 0.228 e. The third-order valence-electron chi connectivity index (χ3n) is 6.55. The minimum Gasteiger partial charge on any atom is -0.345 e. The summed E-state index contributed by atoms with van der Waals surface area (Å²) >= 11 is 0. The zero-order chi connectivity index (χ0) is 23.4. The van der Waals surface area contributed by atoms with E-state index in [9.17, 15) is 14.4 Å². The fraction of sp³-hybridized carbons (Fsp3) is 0.385. The number of hydrogen-bond donors (Lipinski definition) is 0. The predicted molar refractivity (Wildman–Crippen MR) is 126 cm³/mol. The quantitative estimate of drug-likeness (QED) is 0.638. The van der Waals surface area contributed by atoms with Gasteiger partial charge in [0.25, 0.3) is 0 Å². The van der Waals surface area contributed by atoms with Crippen LogP contribution in [0.25, 0.3) is 11.1 Å². The maximum absolute atomic E-state index is 13.4. The van der Waals surface area contributed by atoms with Gasteiger partial charge in [-0.05, 0) is 23.6 Å². The zero-order valence-electron chi connectivity index (χ0n) is 19.0. The van der Waals surface area contributed by atoms with Crippen LogP contribution in [-0.2, 0) is 20.8 Å².